The molecule has 0 spiro atoms. The van der Waals surface area contributed by atoms with Gasteiger partial charge in [-0.1, -0.05) is 6.07 Å². The highest BCUT2D eigenvalue weighted by Gasteiger charge is 2.18. The van der Waals surface area contributed by atoms with Gasteiger partial charge in [-0.25, -0.2) is 4.39 Å². The van der Waals surface area contributed by atoms with Crippen LogP contribution in [0.5, 0.6) is 5.75 Å². The molecule has 1 atom stereocenters. The molecule has 100 valence electrons. The zero-order chi connectivity index (χ0) is 14.0. The van der Waals surface area contributed by atoms with Gasteiger partial charge in [0.2, 0.25) is 0 Å². The summed E-state index contributed by atoms with van der Waals surface area (Å²) in [5.41, 5.74) is 9.18. The SMILES string of the molecule is COc1cc(C)c(C(N)c2ncccc2F)cc1C. The van der Waals surface area contributed by atoms with E-state index in [1.807, 2.05) is 26.0 Å². The fourth-order valence-electron chi connectivity index (χ4n) is 2.14. The van der Waals surface area contributed by atoms with Gasteiger partial charge in [0.25, 0.3) is 0 Å². The van der Waals surface area contributed by atoms with Crippen molar-refractivity contribution in [3.63, 3.8) is 0 Å². The minimum Gasteiger partial charge on any atom is -0.496 e. The molecule has 0 saturated carbocycles. The number of aryl methyl sites for hydroxylation is 2. The number of rotatable bonds is 3. The highest BCUT2D eigenvalue weighted by molar-refractivity contribution is 5.44. The first kappa shape index (κ1) is 13.5. The number of aromatic nitrogens is 1. The molecule has 2 N–H and O–H groups in total. The standard InChI is InChI=1S/C15H17FN2O/c1-9-8-13(19-3)10(2)7-11(9)14(17)15-12(16)5-4-6-18-15/h4-8,14H,17H2,1-3H3. The Morgan fingerprint density at radius 1 is 1.26 bits per heavy atom. The molecular weight excluding hydrogens is 243 g/mol. The van der Waals surface area contributed by atoms with Crippen LogP contribution < -0.4 is 10.5 Å². The summed E-state index contributed by atoms with van der Waals surface area (Å²) in [6.07, 6.45) is 1.55. The van der Waals surface area contributed by atoms with E-state index in [1.165, 1.54) is 6.07 Å². The molecule has 0 radical (unpaired) electrons. The van der Waals surface area contributed by atoms with E-state index in [-0.39, 0.29) is 11.5 Å². The Labute approximate surface area is 112 Å². The van der Waals surface area contributed by atoms with E-state index in [0.29, 0.717) is 0 Å². The van der Waals surface area contributed by atoms with Crippen LogP contribution in [0.1, 0.15) is 28.4 Å². The summed E-state index contributed by atoms with van der Waals surface area (Å²) >= 11 is 0. The van der Waals surface area contributed by atoms with E-state index in [2.05, 4.69) is 4.98 Å². The molecule has 4 heteroatoms. The number of nitrogens with zero attached hydrogens (tertiary/aromatic N) is 1. The average molecular weight is 260 g/mol. The fraction of sp³-hybridized carbons (Fsp3) is 0.267. The summed E-state index contributed by atoms with van der Waals surface area (Å²) in [7, 11) is 1.62. The van der Waals surface area contributed by atoms with E-state index in [1.54, 1.807) is 19.4 Å². The molecule has 0 aliphatic rings. The monoisotopic (exact) mass is 260 g/mol. The fourth-order valence-corrected chi connectivity index (χ4v) is 2.14. The van der Waals surface area contributed by atoms with E-state index >= 15 is 0 Å². The lowest BCUT2D eigenvalue weighted by Crippen LogP contribution is -2.17. The smallest absolute Gasteiger partial charge is 0.146 e. The number of hydrogen-bond donors (Lipinski definition) is 1. The van der Waals surface area contributed by atoms with Crippen molar-refractivity contribution in [2.24, 2.45) is 5.73 Å². The Hall–Kier alpha value is -1.94. The molecule has 0 aliphatic heterocycles. The topological polar surface area (TPSA) is 48.1 Å². The van der Waals surface area contributed by atoms with Gasteiger partial charge in [-0.3, -0.25) is 4.98 Å². The van der Waals surface area contributed by atoms with Crippen molar-refractivity contribution >= 4 is 0 Å². The molecule has 1 aromatic heterocycles. The number of ether oxygens (including phenoxy) is 1. The molecule has 2 aromatic rings. The molecular formula is C15H17FN2O. The Bertz CT molecular complexity index is 599. The van der Waals surface area contributed by atoms with E-state index < -0.39 is 6.04 Å². The molecule has 0 saturated heterocycles. The minimum absolute atomic E-state index is 0.259. The normalized spacial score (nSPS) is 12.3. The van der Waals surface area contributed by atoms with Gasteiger partial charge >= 0.3 is 0 Å². The maximum Gasteiger partial charge on any atom is 0.146 e. The van der Waals surface area contributed by atoms with Crippen molar-refractivity contribution in [2.45, 2.75) is 19.9 Å². The summed E-state index contributed by atoms with van der Waals surface area (Å²) in [5.74, 6) is 0.415. The molecule has 1 unspecified atom stereocenters. The van der Waals surface area contributed by atoms with E-state index in [4.69, 9.17) is 10.5 Å². The van der Waals surface area contributed by atoms with Gasteiger partial charge in [0.15, 0.2) is 0 Å². The highest BCUT2D eigenvalue weighted by Crippen LogP contribution is 2.28. The third-order valence-electron chi connectivity index (χ3n) is 3.20. The molecule has 2 rings (SSSR count). The summed E-state index contributed by atoms with van der Waals surface area (Å²) in [6.45, 7) is 3.86. The predicted octanol–water partition coefficient (Wildman–Crippen LogP) is 2.89. The third-order valence-corrected chi connectivity index (χ3v) is 3.20. The molecule has 0 aliphatic carbocycles. The number of halogens is 1. The van der Waals surface area contributed by atoms with Gasteiger partial charge in [-0.2, -0.15) is 0 Å². The van der Waals surface area contributed by atoms with Crippen molar-refractivity contribution < 1.29 is 9.13 Å². The molecule has 0 bridgehead atoms. The maximum absolute atomic E-state index is 13.7. The zero-order valence-electron chi connectivity index (χ0n) is 11.3. The number of benzene rings is 1. The van der Waals surface area contributed by atoms with Crippen molar-refractivity contribution in [2.75, 3.05) is 7.11 Å². The molecule has 0 fully saturated rings. The Morgan fingerprint density at radius 2 is 2.00 bits per heavy atom. The van der Waals surface area contributed by atoms with Crippen LogP contribution in [0.15, 0.2) is 30.5 Å². The number of pyridine rings is 1. The van der Waals surface area contributed by atoms with Gasteiger partial charge in [-0.05, 0) is 48.7 Å². The summed E-state index contributed by atoms with van der Waals surface area (Å²) < 4.78 is 19.0. The second kappa shape index (κ2) is 5.36. The predicted molar refractivity (Wildman–Crippen MR) is 72.7 cm³/mol. The Morgan fingerprint density at radius 3 is 2.63 bits per heavy atom. The van der Waals surface area contributed by atoms with Gasteiger partial charge in [0.05, 0.1) is 18.8 Å². The Balaban J connectivity index is 2.48. The molecule has 0 amide bonds. The second-order valence-corrected chi connectivity index (χ2v) is 4.53. The van der Waals surface area contributed by atoms with Crippen LogP contribution >= 0.6 is 0 Å². The highest BCUT2D eigenvalue weighted by atomic mass is 19.1. The van der Waals surface area contributed by atoms with Crippen molar-refractivity contribution in [3.05, 3.63) is 58.7 Å². The van der Waals surface area contributed by atoms with E-state index in [0.717, 1.165) is 22.4 Å². The number of nitrogens with two attached hydrogens (primary N) is 1. The first-order valence-corrected chi connectivity index (χ1v) is 6.05. The van der Waals surface area contributed by atoms with Crippen LogP contribution in [-0.2, 0) is 0 Å². The largest absolute Gasteiger partial charge is 0.496 e. The third kappa shape index (κ3) is 2.58. The quantitative estimate of drug-likeness (QED) is 0.923. The van der Waals surface area contributed by atoms with Crippen LogP contribution in [0.2, 0.25) is 0 Å². The summed E-state index contributed by atoms with van der Waals surface area (Å²) in [5, 5.41) is 0. The van der Waals surface area contributed by atoms with Crippen LogP contribution in [-0.4, -0.2) is 12.1 Å². The van der Waals surface area contributed by atoms with Crippen LogP contribution in [0, 0.1) is 19.7 Å². The van der Waals surface area contributed by atoms with Crippen LogP contribution in [0.25, 0.3) is 0 Å². The molecule has 1 aromatic carbocycles. The lowest BCUT2D eigenvalue weighted by atomic mass is 9.96. The molecule has 19 heavy (non-hydrogen) atoms. The lowest BCUT2D eigenvalue weighted by molar-refractivity contribution is 0.411. The first-order valence-electron chi connectivity index (χ1n) is 6.05. The summed E-state index contributed by atoms with van der Waals surface area (Å²) in [4.78, 5) is 4.04. The van der Waals surface area contributed by atoms with Gasteiger partial charge in [0.1, 0.15) is 11.6 Å². The second-order valence-electron chi connectivity index (χ2n) is 4.53. The van der Waals surface area contributed by atoms with E-state index in [9.17, 15) is 4.39 Å². The molecule has 3 nitrogen and oxygen atoms in total. The zero-order valence-corrected chi connectivity index (χ0v) is 11.3. The summed E-state index contributed by atoms with van der Waals surface area (Å²) in [6, 6.07) is 6.18. The number of hydrogen-bond acceptors (Lipinski definition) is 3. The minimum atomic E-state index is -0.578. The first-order chi connectivity index (χ1) is 9.04. The number of methoxy groups -OCH3 is 1. The van der Waals surface area contributed by atoms with Gasteiger partial charge < -0.3 is 10.5 Å². The van der Waals surface area contributed by atoms with Crippen molar-refractivity contribution in [1.82, 2.24) is 4.98 Å². The van der Waals surface area contributed by atoms with Crippen molar-refractivity contribution in [3.8, 4) is 5.75 Å². The Kier molecular flexibility index (Phi) is 3.81. The van der Waals surface area contributed by atoms with Crippen molar-refractivity contribution in [1.29, 1.82) is 0 Å². The van der Waals surface area contributed by atoms with Crippen LogP contribution in [0.4, 0.5) is 4.39 Å². The molecule has 1 heterocycles. The maximum atomic E-state index is 13.7. The average Bonchev–Trinajstić information content (AvgIpc) is 2.40. The lowest BCUT2D eigenvalue weighted by Gasteiger charge is -2.17. The van der Waals surface area contributed by atoms with Gasteiger partial charge in [0, 0.05) is 6.20 Å². The van der Waals surface area contributed by atoms with Crippen LogP contribution in [0.3, 0.4) is 0 Å². The van der Waals surface area contributed by atoms with Gasteiger partial charge in [-0.15, -0.1) is 0 Å².